The summed E-state index contributed by atoms with van der Waals surface area (Å²) < 4.78 is 15.5. The number of rotatable bonds is 7. The molecule has 0 fully saturated rings. The molecular weight excluding hydrogens is 384 g/mol. The maximum Gasteiger partial charge on any atom is 0.317 e. The maximum atomic E-state index is 9.85. The summed E-state index contributed by atoms with van der Waals surface area (Å²) in [6.07, 6.45) is 11.0. The minimum Gasteiger partial charge on any atom is -0.504 e. The molecule has 1 atom stereocenters. The van der Waals surface area contributed by atoms with E-state index >= 15 is 0 Å². The van der Waals surface area contributed by atoms with Gasteiger partial charge in [0.05, 0.1) is 32.7 Å². The zero-order valence-corrected chi connectivity index (χ0v) is 17.1. The lowest BCUT2D eigenvalue weighted by molar-refractivity contribution is 0.128. The third-order valence-electron chi connectivity index (χ3n) is 4.47. The van der Waals surface area contributed by atoms with Crippen molar-refractivity contribution in [2.24, 2.45) is 0 Å². The number of hydrogen-bond donors (Lipinski definition) is 2. The van der Waals surface area contributed by atoms with Crippen LogP contribution in [0.3, 0.4) is 0 Å². The predicted molar refractivity (Wildman–Crippen MR) is 115 cm³/mol. The van der Waals surface area contributed by atoms with Gasteiger partial charge in [-0.1, -0.05) is 24.3 Å². The molecule has 0 spiro atoms. The van der Waals surface area contributed by atoms with Crippen molar-refractivity contribution in [1.82, 2.24) is 9.97 Å². The molecule has 2 N–H and O–H groups in total. The van der Waals surface area contributed by atoms with Gasteiger partial charge in [0, 0.05) is 0 Å². The number of phenolic OH excluding ortho intramolecular Hbond substituents is 1. The molecule has 1 aliphatic rings. The van der Waals surface area contributed by atoms with Gasteiger partial charge in [-0.3, -0.25) is 0 Å². The minimum absolute atomic E-state index is 0.0843. The fourth-order valence-corrected chi connectivity index (χ4v) is 2.88. The second-order valence-electron chi connectivity index (χ2n) is 6.51. The van der Waals surface area contributed by atoms with Gasteiger partial charge in [0.15, 0.2) is 11.5 Å². The first-order valence-electron chi connectivity index (χ1n) is 9.32. The van der Waals surface area contributed by atoms with Crippen LogP contribution in [0.5, 0.6) is 17.5 Å². The van der Waals surface area contributed by atoms with E-state index in [9.17, 15) is 10.2 Å². The van der Waals surface area contributed by atoms with Crippen molar-refractivity contribution < 1.29 is 24.4 Å². The Morgan fingerprint density at radius 2 is 1.67 bits per heavy atom. The number of methoxy groups -OCH3 is 3. The SMILES string of the molecule is COC1=CC(/C=C/c2cc(/C=C/c3ccc(O)c(OC)c3)nc(OC)n2)=CCC1O. The number of aromatic hydroxyl groups is 1. The molecule has 0 aliphatic heterocycles. The molecule has 156 valence electrons. The summed E-state index contributed by atoms with van der Waals surface area (Å²) >= 11 is 0. The first-order valence-corrected chi connectivity index (χ1v) is 9.32. The Balaban J connectivity index is 1.83. The summed E-state index contributed by atoms with van der Waals surface area (Å²) in [5.74, 6) is 1.02. The summed E-state index contributed by atoms with van der Waals surface area (Å²) in [7, 11) is 4.56. The number of ether oxygens (including phenoxy) is 3. The Bertz CT molecular complexity index is 1020. The van der Waals surface area contributed by atoms with Gasteiger partial charge in [-0.05, 0) is 54.0 Å². The molecule has 1 aliphatic carbocycles. The topological polar surface area (TPSA) is 93.9 Å². The summed E-state index contributed by atoms with van der Waals surface area (Å²) in [5.41, 5.74) is 3.10. The predicted octanol–water partition coefficient (Wildman–Crippen LogP) is 3.60. The zero-order chi connectivity index (χ0) is 21.5. The summed E-state index contributed by atoms with van der Waals surface area (Å²) in [6, 6.07) is 7.16. The molecule has 0 saturated heterocycles. The van der Waals surface area contributed by atoms with E-state index in [-0.39, 0.29) is 11.8 Å². The van der Waals surface area contributed by atoms with Crippen LogP contribution in [0.1, 0.15) is 23.4 Å². The van der Waals surface area contributed by atoms with E-state index in [0.29, 0.717) is 29.3 Å². The van der Waals surface area contributed by atoms with Gasteiger partial charge in [0.25, 0.3) is 0 Å². The first kappa shape index (κ1) is 21.1. The number of aromatic nitrogens is 2. The van der Waals surface area contributed by atoms with Crippen molar-refractivity contribution in [3.05, 3.63) is 70.8 Å². The zero-order valence-electron chi connectivity index (χ0n) is 17.1. The Labute approximate surface area is 175 Å². The average molecular weight is 408 g/mol. The lowest BCUT2D eigenvalue weighted by atomic mass is 10.0. The Kier molecular flexibility index (Phi) is 6.87. The highest BCUT2D eigenvalue weighted by molar-refractivity contribution is 5.70. The Morgan fingerprint density at radius 3 is 2.33 bits per heavy atom. The van der Waals surface area contributed by atoms with Crippen molar-refractivity contribution in [2.45, 2.75) is 12.5 Å². The molecule has 7 nitrogen and oxygen atoms in total. The highest BCUT2D eigenvalue weighted by Gasteiger charge is 2.14. The highest BCUT2D eigenvalue weighted by atomic mass is 16.5. The van der Waals surface area contributed by atoms with Gasteiger partial charge in [0.1, 0.15) is 11.9 Å². The highest BCUT2D eigenvalue weighted by Crippen LogP contribution is 2.27. The van der Waals surface area contributed by atoms with Crippen LogP contribution >= 0.6 is 0 Å². The number of aliphatic hydroxyl groups excluding tert-OH is 1. The lowest BCUT2D eigenvalue weighted by Gasteiger charge is -2.16. The van der Waals surface area contributed by atoms with Gasteiger partial charge in [-0.15, -0.1) is 0 Å². The molecule has 0 bridgehead atoms. The van der Waals surface area contributed by atoms with E-state index in [0.717, 1.165) is 11.1 Å². The standard InChI is InChI=1S/C23H24N2O5/c1-28-21-12-15(6-10-19(21)26)4-8-17-14-18(25-23(24-17)30-3)9-5-16-7-11-20(27)22(13-16)29-2/h4-10,12-14,20,26-27H,11H2,1-3H3/b8-4+,9-5+. The monoisotopic (exact) mass is 408 g/mol. The number of nitrogens with zero attached hydrogens (tertiary/aromatic N) is 2. The van der Waals surface area contributed by atoms with Crippen molar-refractivity contribution in [3.8, 4) is 17.5 Å². The number of hydrogen-bond acceptors (Lipinski definition) is 7. The second-order valence-corrected chi connectivity index (χ2v) is 6.51. The Hall–Kier alpha value is -3.58. The van der Waals surface area contributed by atoms with Gasteiger partial charge in [-0.25, -0.2) is 0 Å². The van der Waals surface area contributed by atoms with E-state index in [1.165, 1.54) is 14.2 Å². The smallest absolute Gasteiger partial charge is 0.317 e. The van der Waals surface area contributed by atoms with Crippen LogP contribution < -0.4 is 9.47 Å². The van der Waals surface area contributed by atoms with Crippen LogP contribution in [0.2, 0.25) is 0 Å². The second kappa shape index (κ2) is 9.76. The van der Waals surface area contributed by atoms with Crippen LogP contribution in [0, 0.1) is 0 Å². The van der Waals surface area contributed by atoms with E-state index in [1.807, 2.05) is 36.4 Å². The molecule has 0 amide bonds. The van der Waals surface area contributed by atoms with Gasteiger partial charge in [-0.2, -0.15) is 9.97 Å². The van der Waals surface area contributed by atoms with Crippen LogP contribution in [0.25, 0.3) is 18.2 Å². The number of benzene rings is 1. The van der Waals surface area contributed by atoms with Gasteiger partial charge < -0.3 is 24.4 Å². The molecule has 2 aromatic rings. The van der Waals surface area contributed by atoms with E-state index in [4.69, 9.17) is 14.2 Å². The van der Waals surface area contributed by atoms with Crippen molar-refractivity contribution in [1.29, 1.82) is 0 Å². The Morgan fingerprint density at radius 1 is 0.933 bits per heavy atom. The molecule has 3 rings (SSSR count). The lowest BCUT2D eigenvalue weighted by Crippen LogP contribution is -2.13. The average Bonchev–Trinajstić information content (AvgIpc) is 2.77. The number of phenols is 1. The van der Waals surface area contributed by atoms with Crippen LogP contribution in [-0.4, -0.2) is 47.6 Å². The van der Waals surface area contributed by atoms with E-state index in [2.05, 4.69) is 9.97 Å². The van der Waals surface area contributed by atoms with E-state index in [1.54, 1.807) is 31.4 Å². The molecular formula is C23H24N2O5. The normalized spacial score (nSPS) is 16.5. The van der Waals surface area contributed by atoms with Crippen LogP contribution in [0.4, 0.5) is 0 Å². The molecule has 1 aromatic heterocycles. The molecule has 0 radical (unpaired) electrons. The fraction of sp³-hybridized carbons (Fsp3) is 0.217. The first-order chi connectivity index (χ1) is 14.5. The molecule has 0 saturated carbocycles. The van der Waals surface area contributed by atoms with Crippen LogP contribution in [-0.2, 0) is 4.74 Å². The van der Waals surface area contributed by atoms with Crippen LogP contribution in [0.15, 0.2) is 53.8 Å². The quantitative estimate of drug-likeness (QED) is 0.723. The molecule has 1 unspecified atom stereocenters. The number of aliphatic hydroxyl groups is 1. The van der Waals surface area contributed by atoms with Gasteiger partial charge >= 0.3 is 6.01 Å². The molecule has 7 heteroatoms. The molecule has 1 heterocycles. The fourth-order valence-electron chi connectivity index (χ4n) is 2.88. The maximum absolute atomic E-state index is 9.85. The molecule has 30 heavy (non-hydrogen) atoms. The number of allylic oxidation sites excluding steroid dienone is 3. The van der Waals surface area contributed by atoms with Crippen molar-refractivity contribution in [2.75, 3.05) is 21.3 Å². The van der Waals surface area contributed by atoms with E-state index < -0.39 is 6.10 Å². The third kappa shape index (κ3) is 5.27. The third-order valence-corrected chi connectivity index (χ3v) is 4.47. The van der Waals surface area contributed by atoms with Gasteiger partial charge in [0.2, 0.25) is 0 Å². The summed E-state index contributed by atoms with van der Waals surface area (Å²) in [6.45, 7) is 0. The van der Waals surface area contributed by atoms with Crippen molar-refractivity contribution >= 4 is 18.2 Å². The largest absolute Gasteiger partial charge is 0.504 e. The summed E-state index contributed by atoms with van der Waals surface area (Å²) in [5, 5.41) is 19.6. The van der Waals surface area contributed by atoms with Crippen molar-refractivity contribution in [3.63, 3.8) is 0 Å². The minimum atomic E-state index is -0.610. The molecule has 1 aromatic carbocycles. The summed E-state index contributed by atoms with van der Waals surface area (Å²) in [4.78, 5) is 8.69.